The second-order valence-corrected chi connectivity index (χ2v) is 4.97. The molecule has 0 heterocycles. The molecule has 14 heavy (non-hydrogen) atoms. The first-order chi connectivity index (χ1) is 6.24. The number of esters is 1. The molecular formula is C12H22O2. The number of rotatable bonds is 4. The fourth-order valence-corrected chi connectivity index (χ4v) is 1.25. The highest BCUT2D eigenvalue weighted by molar-refractivity contribution is 5.71. The van der Waals surface area contributed by atoms with E-state index < -0.39 is 0 Å². The minimum absolute atomic E-state index is 0.0440. The first-order valence-electron chi connectivity index (χ1n) is 5.07. The molecular weight excluding hydrogens is 176 g/mol. The van der Waals surface area contributed by atoms with Gasteiger partial charge in [0.2, 0.25) is 0 Å². The molecule has 2 heteroatoms. The van der Waals surface area contributed by atoms with E-state index in [1.807, 2.05) is 27.7 Å². The van der Waals surface area contributed by atoms with Crippen molar-refractivity contribution in [2.24, 2.45) is 11.3 Å². The summed E-state index contributed by atoms with van der Waals surface area (Å²) in [7, 11) is 0. The standard InChI is InChI=1S/C12H22O2/c1-9(2)7-12(5,6)8-14-11(13)10(3)4/h7,10H,8H2,1-6H3. The molecule has 0 aromatic heterocycles. The molecule has 0 rings (SSSR count). The SMILES string of the molecule is CC(C)=CC(C)(C)COC(=O)C(C)C. The van der Waals surface area contributed by atoms with Gasteiger partial charge < -0.3 is 4.74 Å². The Kier molecular flexibility index (Phi) is 4.89. The molecule has 2 nitrogen and oxygen atoms in total. The highest BCUT2D eigenvalue weighted by Gasteiger charge is 2.18. The predicted octanol–water partition coefficient (Wildman–Crippen LogP) is 3.18. The monoisotopic (exact) mass is 198 g/mol. The predicted molar refractivity (Wildman–Crippen MR) is 59.0 cm³/mol. The van der Waals surface area contributed by atoms with Gasteiger partial charge in [-0.25, -0.2) is 0 Å². The summed E-state index contributed by atoms with van der Waals surface area (Å²) in [6.45, 7) is 12.4. The van der Waals surface area contributed by atoms with Gasteiger partial charge in [-0.2, -0.15) is 0 Å². The zero-order valence-corrected chi connectivity index (χ0v) is 10.2. The lowest BCUT2D eigenvalue weighted by atomic mass is 9.92. The van der Waals surface area contributed by atoms with Crippen LogP contribution in [0.25, 0.3) is 0 Å². The average Bonchev–Trinajstić information content (AvgIpc) is 1.97. The summed E-state index contributed by atoms with van der Waals surface area (Å²) in [6, 6.07) is 0. The molecule has 0 spiro atoms. The Morgan fingerprint density at radius 3 is 2.21 bits per heavy atom. The summed E-state index contributed by atoms with van der Waals surface area (Å²) in [6.07, 6.45) is 2.13. The van der Waals surface area contributed by atoms with Gasteiger partial charge in [-0.1, -0.05) is 39.3 Å². The second-order valence-electron chi connectivity index (χ2n) is 4.97. The molecule has 0 fully saturated rings. The summed E-state index contributed by atoms with van der Waals surface area (Å²) >= 11 is 0. The first-order valence-corrected chi connectivity index (χ1v) is 5.07. The highest BCUT2D eigenvalue weighted by Crippen LogP contribution is 2.20. The number of carbonyl (C=O) groups is 1. The van der Waals surface area contributed by atoms with Crippen molar-refractivity contribution in [1.29, 1.82) is 0 Å². The third-order valence-corrected chi connectivity index (χ3v) is 1.74. The van der Waals surface area contributed by atoms with Gasteiger partial charge in [-0.15, -0.1) is 0 Å². The maximum Gasteiger partial charge on any atom is 0.308 e. The van der Waals surface area contributed by atoms with Crippen LogP contribution in [0.5, 0.6) is 0 Å². The minimum Gasteiger partial charge on any atom is -0.465 e. The zero-order valence-electron chi connectivity index (χ0n) is 10.2. The third kappa shape index (κ3) is 5.79. The number of carbonyl (C=O) groups excluding carboxylic acids is 1. The molecule has 0 amide bonds. The molecule has 82 valence electrons. The van der Waals surface area contributed by atoms with Crippen LogP contribution in [0.3, 0.4) is 0 Å². The Labute approximate surface area is 87.3 Å². The number of ether oxygens (including phenoxy) is 1. The maximum atomic E-state index is 11.2. The van der Waals surface area contributed by atoms with Crippen molar-refractivity contribution in [1.82, 2.24) is 0 Å². The summed E-state index contributed by atoms with van der Waals surface area (Å²) in [5.74, 6) is -0.169. The van der Waals surface area contributed by atoms with E-state index in [1.54, 1.807) is 0 Å². The lowest BCUT2D eigenvalue weighted by Crippen LogP contribution is -2.22. The fourth-order valence-electron chi connectivity index (χ4n) is 1.25. The molecule has 0 unspecified atom stereocenters. The van der Waals surface area contributed by atoms with E-state index in [2.05, 4.69) is 19.9 Å². The number of allylic oxidation sites excluding steroid dienone is 1. The van der Waals surface area contributed by atoms with Crippen molar-refractivity contribution >= 4 is 5.97 Å². The Bertz CT molecular complexity index is 220. The van der Waals surface area contributed by atoms with Gasteiger partial charge >= 0.3 is 5.97 Å². The van der Waals surface area contributed by atoms with Gasteiger partial charge in [0.05, 0.1) is 12.5 Å². The van der Waals surface area contributed by atoms with Gasteiger partial charge in [-0.3, -0.25) is 4.79 Å². The fraction of sp³-hybridized carbons (Fsp3) is 0.750. The van der Waals surface area contributed by atoms with Gasteiger partial charge in [0.25, 0.3) is 0 Å². The summed E-state index contributed by atoms with van der Waals surface area (Å²) in [5.41, 5.74) is 1.18. The summed E-state index contributed by atoms with van der Waals surface area (Å²) in [4.78, 5) is 11.2. The smallest absolute Gasteiger partial charge is 0.308 e. The van der Waals surface area contributed by atoms with E-state index in [9.17, 15) is 4.79 Å². The Balaban J connectivity index is 4.13. The first kappa shape index (κ1) is 13.2. The van der Waals surface area contributed by atoms with E-state index in [4.69, 9.17) is 4.74 Å². The average molecular weight is 198 g/mol. The van der Waals surface area contributed by atoms with E-state index in [0.29, 0.717) is 6.61 Å². The largest absolute Gasteiger partial charge is 0.465 e. The van der Waals surface area contributed by atoms with E-state index >= 15 is 0 Å². The molecule has 0 N–H and O–H groups in total. The van der Waals surface area contributed by atoms with E-state index in [0.717, 1.165) is 0 Å². The minimum atomic E-state index is -0.125. The molecule has 0 bridgehead atoms. The van der Waals surface area contributed by atoms with Crippen LogP contribution in [-0.4, -0.2) is 12.6 Å². The molecule has 0 aromatic rings. The molecule has 0 atom stereocenters. The van der Waals surface area contributed by atoms with Crippen molar-refractivity contribution in [3.8, 4) is 0 Å². The summed E-state index contributed by atoms with van der Waals surface area (Å²) in [5, 5.41) is 0. The van der Waals surface area contributed by atoms with Crippen LogP contribution < -0.4 is 0 Å². The van der Waals surface area contributed by atoms with Crippen LogP contribution >= 0.6 is 0 Å². The third-order valence-electron chi connectivity index (χ3n) is 1.74. The van der Waals surface area contributed by atoms with E-state index in [-0.39, 0.29) is 17.3 Å². The Morgan fingerprint density at radius 2 is 1.86 bits per heavy atom. The molecule has 0 saturated heterocycles. The quantitative estimate of drug-likeness (QED) is 0.512. The molecule has 0 aliphatic carbocycles. The Morgan fingerprint density at radius 1 is 1.36 bits per heavy atom. The van der Waals surface area contributed by atoms with Gasteiger partial charge in [0.1, 0.15) is 0 Å². The number of hydrogen-bond acceptors (Lipinski definition) is 2. The maximum absolute atomic E-state index is 11.2. The molecule has 0 radical (unpaired) electrons. The highest BCUT2D eigenvalue weighted by atomic mass is 16.5. The normalized spacial score (nSPS) is 11.4. The zero-order chi connectivity index (χ0) is 11.4. The topological polar surface area (TPSA) is 26.3 Å². The van der Waals surface area contributed by atoms with Crippen molar-refractivity contribution in [2.45, 2.75) is 41.5 Å². The van der Waals surface area contributed by atoms with Crippen LogP contribution in [0.2, 0.25) is 0 Å². The summed E-state index contributed by atoms with van der Waals surface area (Å²) < 4.78 is 5.19. The second kappa shape index (κ2) is 5.18. The lowest BCUT2D eigenvalue weighted by Gasteiger charge is -2.21. The van der Waals surface area contributed by atoms with Crippen molar-refractivity contribution < 1.29 is 9.53 Å². The number of hydrogen-bond donors (Lipinski definition) is 0. The van der Waals surface area contributed by atoms with Crippen LogP contribution in [0.4, 0.5) is 0 Å². The van der Waals surface area contributed by atoms with Crippen molar-refractivity contribution in [3.05, 3.63) is 11.6 Å². The van der Waals surface area contributed by atoms with Gasteiger partial charge in [-0.05, 0) is 13.8 Å². The van der Waals surface area contributed by atoms with Crippen LogP contribution in [-0.2, 0) is 9.53 Å². The van der Waals surface area contributed by atoms with Crippen molar-refractivity contribution in [3.63, 3.8) is 0 Å². The van der Waals surface area contributed by atoms with Crippen LogP contribution in [0, 0.1) is 11.3 Å². The van der Waals surface area contributed by atoms with Crippen molar-refractivity contribution in [2.75, 3.05) is 6.61 Å². The molecule has 0 aromatic carbocycles. The lowest BCUT2D eigenvalue weighted by molar-refractivity contribution is -0.149. The van der Waals surface area contributed by atoms with Gasteiger partial charge in [0.15, 0.2) is 0 Å². The van der Waals surface area contributed by atoms with Crippen LogP contribution in [0.1, 0.15) is 41.5 Å². The molecule has 0 aliphatic heterocycles. The van der Waals surface area contributed by atoms with Crippen LogP contribution in [0.15, 0.2) is 11.6 Å². The molecule has 0 aliphatic rings. The Hall–Kier alpha value is -0.790. The molecule has 0 saturated carbocycles. The van der Waals surface area contributed by atoms with E-state index in [1.165, 1.54) is 5.57 Å². The van der Waals surface area contributed by atoms with Gasteiger partial charge in [0, 0.05) is 5.41 Å².